The van der Waals surface area contributed by atoms with Gasteiger partial charge in [-0.1, -0.05) is 138 Å². The maximum Gasteiger partial charge on any atom is 0.472 e. The SMILES string of the molecule is CC/C=C\C/C=C\CC(O)/C=C/C=C\C/C=C\CCCC(=O)O[C@H](COC(=O)CCCCCCCCC/C=C\CCCCCC)COP(=O)(O)OC1[C@H](O)[C@H](O)C(O)[C@H](O)[C@H]1O. The van der Waals surface area contributed by atoms with Gasteiger partial charge in [0.1, 0.15) is 43.2 Å². The Morgan fingerprint density at radius 1 is 0.597 bits per heavy atom. The maximum atomic E-state index is 12.8. The first kappa shape index (κ1) is 57.3. The van der Waals surface area contributed by atoms with Gasteiger partial charge in [0, 0.05) is 12.8 Å². The Morgan fingerprint density at radius 3 is 1.79 bits per heavy atom. The topological polar surface area (TPSA) is 230 Å². The van der Waals surface area contributed by atoms with E-state index < -0.39 is 81.8 Å². The van der Waals surface area contributed by atoms with Crippen LogP contribution in [0.4, 0.5) is 0 Å². The second-order valence-electron chi connectivity index (χ2n) is 15.7. The number of carbonyl (C=O) groups excluding carboxylic acids is 2. The van der Waals surface area contributed by atoms with E-state index in [1.807, 2.05) is 36.5 Å². The first-order valence-electron chi connectivity index (χ1n) is 22.8. The minimum Gasteiger partial charge on any atom is -0.462 e. The number of allylic oxidation sites excluding steroid dienone is 10. The summed E-state index contributed by atoms with van der Waals surface area (Å²) in [4.78, 5) is 35.7. The van der Waals surface area contributed by atoms with Crippen LogP contribution in [0.15, 0.2) is 72.9 Å². The average Bonchev–Trinajstić information content (AvgIpc) is 3.25. The van der Waals surface area contributed by atoms with Gasteiger partial charge in [-0.3, -0.25) is 18.6 Å². The molecule has 356 valence electrons. The molecule has 7 N–H and O–H groups in total. The molecule has 1 saturated carbocycles. The second kappa shape index (κ2) is 36.6. The quantitative estimate of drug-likeness (QED) is 0.0105. The van der Waals surface area contributed by atoms with Crippen molar-refractivity contribution in [3.63, 3.8) is 0 Å². The first-order valence-corrected chi connectivity index (χ1v) is 24.3. The van der Waals surface area contributed by atoms with Gasteiger partial charge in [-0.2, -0.15) is 0 Å². The molecule has 0 bridgehead atoms. The summed E-state index contributed by atoms with van der Waals surface area (Å²) in [5.41, 5.74) is 0. The van der Waals surface area contributed by atoms with Crippen molar-refractivity contribution in [3.8, 4) is 0 Å². The van der Waals surface area contributed by atoms with Crippen LogP contribution < -0.4 is 0 Å². The molecule has 0 aromatic rings. The Bertz CT molecular complexity index is 1380. The van der Waals surface area contributed by atoms with E-state index in [1.165, 1.54) is 38.5 Å². The lowest BCUT2D eigenvalue weighted by molar-refractivity contribution is -0.220. The monoisotopic (exact) mass is 899 g/mol. The van der Waals surface area contributed by atoms with E-state index in [2.05, 4.69) is 38.2 Å². The number of aliphatic hydroxyl groups is 6. The molecule has 14 nitrogen and oxygen atoms in total. The van der Waals surface area contributed by atoms with Crippen molar-refractivity contribution in [3.05, 3.63) is 72.9 Å². The summed E-state index contributed by atoms with van der Waals surface area (Å²) in [6.45, 7) is 3.03. The third-order valence-electron chi connectivity index (χ3n) is 10.1. The number of unbranched alkanes of at least 4 members (excludes halogenated alkanes) is 12. The summed E-state index contributed by atoms with van der Waals surface area (Å²) in [6, 6.07) is 0. The van der Waals surface area contributed by atoms with Crippen molar-refractivity contribution in [1.82, 2.24) is 0 Å². The van der Waals surface area contributed by atoms with Gasteiger partial charge in [-0.25, -0.2) is 4.57 Å². The van der Waals surface area contributed by atoms with Crippen LogP contribution in [0.25, 0.3) is 0 Å². The number of ether oxygens (including phenoxy) is 2. The zero-order valence-corrected chi connectivity index (χ0v) is 38.1. The van der Waals surface area contributed by atoms with Crippen LogP contribution in [-0.4, -0.2) is 110 Å². The molecule has 1 aliphatic carbocycles. The minimum absolute atomic E-state index is 0.0176. The van der Waals surface area contributed by atoms with E-state index in [1.54, 1.807) is 12.2 Å². The molecule has 0 aromatic heterocycles. The predicted octanol–water partition coefficient (Wildman–Crippen LogP) is 7.69. The molecule has 0 aliphatic heterocycles. The first-order chi connectivity index (χ1) is 29.8. The number of esters is 2. The number of hydrogen-bond acceptors (Lipinski definition) is 13. The van der Waals surface area contributed by atoms with Crippen LogP contribution >= 0.6 is 7.82 Å². The highest BCUT2D eigenvalue weighted by Gasteiger charge is 2.51. The highest BCUT2D eigenvalue weighted by atomic mass is 31.2. The molecule has 0 spiro atoms. The molecule has 0 saturated heterocycles. The fourth-order valence-corrected chi connectivity index (χ4v) is 7.37. The highest BCUT2D eigenvalue weighted by molar-refractivity contribution is 7.47. The number of aliphatic hydroxyl groups excluding tert-OH is 6. The Morgan fingerprint density at radius 2 is 1.13 bits per heavy atom. The highest BCUT2D eigenvalue weighted by Crippen LogP contribution is 2.47. The van der Waals surface area contributed by atoms with E-state index >= 15 is 0 Å². The van der Waals surface area contributed by atoms with E-state index in [4.69, 9.17) is 18.5 Å². The summed E-state index contributed by atoms with van der Waals surface area (Å²) >= 11 is 0. The van der Waals surface area contributed by atoms with Crippen molar-refractivity contribution >= 4 is 19.8 Å². The fraction of sp³-hybridized carbons (Fsp3) is 0.702. The van der Waals surface area contributed by atoms with Gasteiger partial charge in [0.2, 0.25) is 0 Å². The molecule has 1 aliphatic rings. The van der Waals surface area contributed by atoms with Gasteiger partial charge >= 0.3 is 19.8 Å². The molecule has 4 unspecified atom stereocenters. The van der Waals surface area contributed by atoms with Crippen LogP contribution in [-0.2, 0) is 32.7 Å². The molecule has 1 fully saturated rings. The van der Waals surface area contributed by atoms with Gasteiger partial charge in [0.25, 0.3) is 0 Å². The normalized spacial score (nSPS) is 23.0. The zero-order chi connectivity index (χ0) is 45.9. The molecule has 62 heavy (non-hydrogen) atoms. The van der Waals surface area contributed by atoms with Gasteiger partial charge in [-0.05, 0) is 70.6 Å². The van der Waals surface area contributed by atoms with Crippen molar-refractivity contribution in [2.45, 2.75) is 198 Å². The molecule has 9 atom stereocenters. The number of phosphoric acid groups is 1. The molecule has 0 aromatic carbocycles. The summed E-state index contributed by atoms with van der Waals surface area (Å²) in [5.74, 6) is -1.22. The third kappa shape index (κ3) is 28.8. The van der Waals surface area contributed by atoms with Crippen molar-refractivity contribution < 1.29 is 68.2 Å². The van der Waals surface area contributed by atoms with E-state index in [0.29, 0.717) is 32.1 Å². The Kier molecular flexibility index (Phi) is 33.8. The van der Waals surface area contributed by atoms with Gasteiger partial charge < -0.3 is 45.0 Å². The molecular formula is C47H79O14P. The lowest BCUT2D eigenvalue weighted by atomic mass is 9.85. The molecule has 1 rings (SSSR count). The fourth-order valence-electron chi connectivity index (χ4n) is 6.40. The summed E-state index contributed by atoms with van der Waals surface area (Å²) < 4.78 is 33.4. The van der Waals surface area contributed by atoms with Gasteiger partial charge in [0.15, 0.2) is 6.10 Å². The molecule has 0 amide bonds. The maximum absolute atomic E-state index is 12.8. The van der Waals surface area contributed by atoms with Gasteiger partial charge in [-0.15, -0.1) is 0 Å². The number of hydrogen-bond donors (Lipinski definition) is 7. The van der Waals surface area contributed by atoms with Crippen molar-refractivity contribution in [2.24, 2.45) is 0 Å². The predicted molar refractivity (Wildman–Crippen MR) is 241 cm³/mol. The van der Waals surface area contributed by atoms with Crippen LogP contribution in [0.1, 0.15) is 149 Å². The van der Waals surface area contributed by atoms with Crippen LogP contribution in [0, 0.1) is 0 Å². The van der Waals surface area contributed by atoms with Crippen molar-refractivity contribution in [2.75, 3.05) is 13.2 Å². The second-order valence-corrected chi connectivity index (χ2v) is 17.1. The van der Waals surface area contributed by atoms with Crippen LogP contribution in [0.2, 0.25) is 0 Å². The minimum atomic E-state index is -5.15. The standard InChI is InChI=1S/C47H79O14P/c1-3-5-7-9-11-12-13-14-15-16-17-18-22-26-30-34-40(49)58-36-39(37-59-62(56,57)61-47-45(54)43(52)42(51)44(53)46(47)55)60-41(50)35-31-27-23-20-19-21-25-29-33-38(48)32-28-24-10-8-6-4-2/h6,8,12-13,20-21,23-25,28-29,33,38-39,42-48,51-55H,3-5,7,9-11,14-19,22,26-27,30-32,34-37H2,1-2H3,(H,56,57)/b8-6-,13-12-,23-20-,25-21-,28-24-,33-29+/t38?,39-,42?,43-,44+,45-,46-,47?/m1/s1. The largest absolute Gasteiger partial charge is 0.472 e. The zero-order valence-electron chi connectivity index (χ0n) is 37.2. The smallest absolute Gasteiger partial charge is 0.462 e. The molecular weight excluding hydrogens is 819 g/mol. The third-order valence-corrected chi connectivity index (χ3v) is 11.1. The summed E-state index contributed by atoms with van der Waals surface area (Å²) in [6.07, 6.45) is 28.4. The van der Waals surface area contributed by atoms with E-state index in [9.17, 15) is 49.7 Å². The number of phosphoric ester groups is 1. The number of rotatable bonds is 36. The molecule has 0 heterocycles. The Hall–Kier alpha value is -2.75. The average molecular weight is 899 g/mol. The van der Waals surface area contributed by atoms with Crippen molar-refractivity contribution in [1.29, 1.82) is 0 Å². The van der Waals surface area contributed by atoms with Crippen LogP contribution in [0.3, 0.4) is 0 Å². The Balaban J connectivity index is 2.55. The molecule has 15 heteroatoms. The number of carbonyl (C=O) groups is 2. The summed E-state index contributed by atoms with van der Waals surface area (Å²) in [5, 5.41) is 60.2. The van der Waals surface area contributed by atoms with Gasteiger partial charge in [0.05, 0.1) is 12.7 Å². The Labute approximate surface area is 370 Å². The van der Waals surface area contributed by atoms with E-state index in [-0.39, 0.29) is 12.8 Å². The summed E-state index contributed by atoms with van der Waals surface area (Å²) in [7, 11) is -5.15. The molecule has 0 radical (unpaired) electrons. The lowest BCUT2D eigenvalue weighted by Gasteiger charge is -2.41. The van der Waals surface area contributed by atoms with E-state index in [0.717, 1.165) is 51.4 Å². The van der Waals surface area contributed by atoms with Crippen LogP contribution in [0.5, 0.6) is 0 Å². The lowest BCUT2D eigenvalue weighted by Crippen LogP contribution is -2.64.